The molecule has 3 heteroatoms. The van der Waals surface area contributed by atoms with Crippen LogP contribution in [0.5, 0.6) is 0 Å². The quantitative estimate of drug-likeness (QED) is 0.871. The fourth-order valence-electron chi connectivity index (χ4n) is 3.59. The van der Waals surface area contributed by atoms with E-state index in [4.69, 9.17) is 5.73 Å². The van der Waals surface area contributed by atoms with Gasteiger partial charge in [0.2, 0.25) is 0 Å². The maximum Gasteiger partial charge on any atom is 0.123 e. The lowest BCUT2D eigenvalue weighted by Crippen LogP contribution is -2.37. The third kappa shape index (κ3) is 2.29. The van der Waals surface area contributed by atoms with E-state index in [1.165, 1.54) is 24.8 Å². The Morgan fingerprint density at radius 1 is 1.11 bits per heavy atom. The highest BCUT2D eigenvalue weighted by Crippen LogP contribution is 2.38. The van der Waals surface area contributed by atoms with E-state index in [1.54, 1.807) is 12.1 Å². The van der Waals surface area contributed by atoms with Gasteiger partial charge >= 0.3 is 0 Å². The average Bonchev–Trinajstić information content (AvgIpc) is 2.98. The summed E-state index contributed by atoms with van der Waals surface area (Å²) in [6.45, 7) is 2.16. The maximum atomic E-state index is 13.0. The summed E-state index contributed by atoms with van der Waals surface area (Å²) in [7, 11) is 0. The molecule has 0 amide bonds. The van der Waals surface area contributed by atoms with Crippen molar-refractivity contribution < 1.29 is 4.39 Å². The average molecular weight is 248 g/mol. The predicted molar refractivity (Wildman–Crippen MR) is 70.9 cm³/mol. The topological polar surface area (TPSA) is 29.3 Å². The van der Waals surface area contributed by atoms with Crippen LogP contribution < -0.4 is 5.73 Å². The van der Waals surface area contributed by atoms with Crippen LogP contribution in [-0.4, -0.2) is 30.1 Å². The van der Waals surface area contributed by atoms with Crippen molar-refractivity contribution in [2.24, 2.45) is 5.73 Å². The van der Waals surface area contributed by atoms with Gasteiger partial charge in [-0.15, -0.1) is 0 Å². The highest BCUT2D eigenvalue weighted by atomic mass is 19.1. The number of nitrogens with zero attached hydrogens (tertiary/aromatic N) is 1. The molecule has 2 aliphatic rings. The SMILES string of the molecule is N[C@@H]1CCN(C2CCCC2c2ccc(F)cc2)C1. The van der Waals surface area contributed by atoms with Gasteiger partial charge in [0.1, 0.15) is 5.82 Å². The first kappa shape index (κ1) is 12.1. The van der Waals surface area contributed by atoms with Crippen LogP contribution in [0.3, 0.4) is 0 Å². The van der Waals surface area contributed by atoms with Crippen molar-refractivity contribution in [3.63, 3.8) is 0 Å². The molecule has 3 rings (SSSR count). The second-order valence-electron chi connectivity index (χ2n) is 5.70. The Bertz CT molecular complexity index is 403. The lowest BCUT2D eigenvalue weighted by molar-refractivity contribution is 0.225. The van der Waals surface area contributed by atoms with E-state index in [1.807, 2.05) is 12.1 Å². The number of halogens is 1. The Kier molecular flexibility index (Phi) is 3.35. The monoisotopic (exact) mass is 248 g/mol. The molecule has 2 unspecified atom stereocenters. The number of nitrogens with two attached hydrogens (primary N) is 1. The second kappa shape index (κ2) is 4.98. The van der Waals surface area contributed by atoms with Gasteiger partial charge in [0, 0.05) is 25.2 Å². The summed E-state index contributed by atoms with van der Waals surface area (Å²) >= 11 is 0. The van der Waals surface area contributed by atoms with Crippen molar-refractivity contribution in [2.45, 2.75) is 43.7 Å². The molecule has 1 aliphatic heterocycles. The van der Waals surface area contributed by atoms with E-state index in [9.17, 15) is 4.39 Å². The molecular weight excluding hydrogens is 227 g/mol. The van der Waals surface area contributed by atoms with Crippen molar-refractivity contribution in [2.75, 3.05) is 13.1 Å². The third-order valence-corrected chi connectivity index (χ3v) is 4.50. The number of likely N-dealkylation sites (tertiary alicyclic amines) is 1. The van der Waals surface area contributed by atoms with Gasteiger partial charge in [0.25, 0.3) is 0 Å². The summed E-state index contributed by atoms with van der Waals surface area (Å²) in [4.78, 5) is 2.55. The molecule has 0 aromatic heterocycles. The Hall–Kier alpha value is -0.930. The molecule has 2 N–H and O–H groups in total. The van der Waals surface area contributed by atoms with Crippen molar-refractivity contribution in [3.8, 4) is 0 Å². The molecule has 0 spiro atoms. The van der Waals surface area contributed by atoms with E-state index in [-0.39, 0.29) is 5.82 Å². The summed E-state index contributed by atoms with van der Waals surface area (Å²) in [6, 6.07) is 8.03. The Morgan fingerprint density at radius 3 is 2.56 bits per heavy atom. The molecule has 2 nitrogen and oxygen atoms in total. The molecular formula is C15H21FN2. The number of hydrogen-bond acceptors (Lipinski definition) is 2. The summed E-state index contributed by atoms with van der Waals surface area (Å²) in [5.74, 6) is 0.424. The third-order valence-electron chi connectivity index (χ3n) is 4.50. The van der Waals surface area contributed by atoms with Crippen molar-refractivity contribution >= 4 is 0 Å². The second-order valence-corrected chi connectivity index (χ2v) is 5.70. The summed E-state index contributed by atoms with van der Waals surface area (Å²) in [5.41, 5.74) is 7.30. The molecule has 0 bridgehead atoms. The molecule has 2 fully saturated rings. The van der Waals surface area contributed by atoms with E-state index < -0.39 is 0 Å². The first-order valence-electron chi connectivity index (χ1n) is 6.99. The Balaban J connectivity index is 1.76. The summed E-state index contributed by atoms with van der Waals surface area (Å²) in [5, 5.41) is 0. The van der Waals surface area contributed by atoms with E-state index >= 15 is 0 Å². The van der Waals surface area contributed by atoms with Gasteiger partial charge in [-0.25, -0.2) is 4.39 Å². The van der Waals surface area contributed by atoms with Crippen LogP contribution in [-0.2, 0) is 0 Å². The van der Waals surface area contributed by atoms with Gasteiger partial charge in [-0.2, -0.15) is 0 Å². The molecule has 1 aliphatic carbocycles. The van der Waals surface area contributed by atoms with Gasteiger partial charge in [0.15, 0.2) is 0 Å². The summed E-state index contributed by atoms with van der Waals surface area (Å²) in [6.07, 6.45) is 4.88. The van der Waals surface area contributed by atoms with Gasteiger partial charge in [-0.3, -0.25) is 4.90 Å². The highest BCUT2D eigenvalue weighted by molar-refractivity contribution is 5.23. The van der Waals surface area contributed by atoms with Crippen LogP contribution in [0.4, 0.5) is 4.39 Å². The molecule has 0 radical (unpaired) electrons. The van der Waals surface area contributed by atoms with Crippen molar-refractivity contribution in [3.05, 3.63) is 35.6 Å². The Labute approximate surface area is 108 Å². The van der Waals surface area contributed by atoms with Crippen LogP contribution in [0, 0.1) is 5.82 Å². The first-order valence-corrected chi connectivity index (χ1v) is 6.99. The van der Waals surface area contributed by atoms with E-state index in [2.05, 4.69) is 4.90 Å². The van der Waals surface area contributed by atoms with Crippen LogP contribution in [0.15, 0.2) is 24.3 Å². The van der Waals surface area contributed by atoms with Crippen molar-refractivity contribution in [1.29, 1.82) is 0 Å². The van der Waals surface area contributed by atoms with Crippen LogP contribution in [0.2, 0.25) is 0 Å². The van der Waals surface area contributed by atoms with Gasteiger partial charge in [0.05, 0.1) is 0 Å². The van der Waals surface area contributed by atoms with Gasteiger partial charge < -0.3 is 5.73 Å². The van der Waals surface area contributed by atoms with Gasteiger partial charge in [-0.05, 0) is 42.9 Å². The molecule has 1 saturated heterocycles. The lowest BCUT2D eigenvalue weighted by Gasteiger charge is -2.29. The lowest BCUT2D eigenvalue weighted by atomic mass is 9.93. The van der Waals surface area contributed by atoms with Gasteiger partial charge in [-0.1, -0.05) is 18.6 Å². The van der Waals surface area contributed by atoms with E-state index in [0.29, 0.717) is 18.0 Å². The molecule has 1 aromatic carbocycles. The molecule has 1 saturated carbocycles. The highest BCUT2D eigenvalue weighted by Gasteiger charge is 2.35. The maximum absolute atomic E-state index is 13.0. The minimum atomic E-state index is -0.142. The van der Waals surface area contributed by atoms with E-state index in [0.717, 1.165) is 19.5 Å². The summed E-state index contributed by atoms with van der Waals surface area (Å²) < 4.78 is 13.0. The predicted octanol–water partition coefficient (Wildman–Crippen LogP) is 2.49. The minimum Gasteiger partial charge on any atom is -0.326 e. The fourth-order valence-corrected chi connectivity index (χ4v) is 3.59. The van der Waals surface area contributed by atoms with Crippen LogP contribution in [0.25, 0.3) is 0 Å². The number of rotatable bonds is 2. The normalized spacial score (nSPS) is 33.1. The van der Waals surface area contributed by atoms with Crippen LogP contribution in [0.1, 0.15) is 37.2 Å². The molecule has 98 valence electrons. The molecule has 18 heavy (non-hydrogen) atoms. The molecule has 3 atom stereocenters. The zero-order valence-corrected chi connectivity index (χ0v) is 10.7. The van der Waals surface area contributed by atoms with Crippen LogP contribution >= 0.6 is 0 Å². The van der Waals surface area contributed by atoms with Crippen molar-refractivity contribution in [1.82, 2.24) is 4.90 Å². The molecule has 1 aromatic rings. The zero-order valence-electron chi connectivity index (χ0n) is 10.7. The number of benzene rings is 1. The molecule has 1 heterocycles. The fraction of sp³-hybridized carbons (Fsp3) is 0.600. The number of hydrogen-bond donors (Lipinski definition) is 1. The minimum absolute atomic E-state index is 0.142. The standard InChI is InChI=1S/C15H21FN2/c16-12-6-4-11(5-7-12)14-2-1-3-15(14)18-9-8-13(17)10-18/h4-7,13-15H,1-3,8-10,17H2/t13-,14?,15?/m1/s1. The smallest absolute Gasteiger partial charge is 0.123 e. The Morgan fingerprint density at radius 2 is 1.89 bits per heavy atom. The first-order chi connectivity index (χ1) is 8.74. The largest absolute Gasteiger partial charge is 0.326 e. The zero-order chi connectivity index (χ0) is 12.5.